The molecule has 0 saturated carbocycles. The van der Waals surface area contributed by atoms with Crippen LogP contribution in [0.3, 0.4) is 0 Å². The van der Waals surface area contributed by atoms with Crippen LogP contribution in [0.1, 0.15) is 28.9 Å². The summed E-state index contributed by atoms with van der Waals surface area (Å²) in [5.74, 6) is 1.59. The van der Waals surface area contributed by atoms with Crippen molar-refractivity contribution in [3.8, 4) is 0 Å². The number of ether oxygens (including phenoxy) is 2. The van der Waals surface area contributed by atoms with Gasteiger partial charge >= 0.3 is 5.97 Å². The molecule has 5 heterocycles. The van der Waals surface area contributed by atoms with Crippen LogP contribution in [-0.4, -0.2) is 81.5 Å². The van der Waals surface area contributed by atoms with Crippen molar-refractivity contribution in [2.24, 2.45) is 7.05 Å². The maximum atomic E-state index is 12.6. The van der Waals surface area contributed by atoms with E-state index in [9.17, 15) is 9.35 Å². The van der Waals surface area contributed by atoms with Crippen molar-refractivity contribution in [2.45, 2.75) is 36.3 Å². The molecule has 0 radical (unpaired) electrons. The third kappa shape index (κ3) is 3.97. The van der Waals surface area contributed by atoms with Crippen LogP contribution in [0.5, 0.6) is 0 Å². The normalized spacial score (nSPS) is 21.6. The summed E-state index contributed by atoms with van der Waals surface area (Å²) >= 11 is -1.07. The van der Waals surface area contributed by atoms with Gasteiger partial charge in [0.2, 0.25) is 10.8 Å². The highest BCUT2D eigenvalue weighted by molar-refractivity contribution is 7.91. The van der Waals surface area contributed by atoms with Crippen molar-refractivity contribution in [3.05, 3.63) is 23.7 Å². The van der Waals surface area contributed by atoms with Crippen LogP contribution >= 0.6 is 0 Å². The molecule has 3 aliphatic heterocycles. The quantitative estimate of drug-likeness (QED) is 0.480. The van der Waals surface area contributed by atoms with E-state index < -0.39 is 11.2 Å². The van der Waals surface area contributed by atoms with Gasteiger partial charge in [0, 0.05) is 46.0 Å². The number of anilines is 2. The molecule has 2 fully saturated rings. The van der Waals surface area contributed by atoms with Gasteiger partial charge in [-0.15, -0.1) is 0 Å². The molecule has 31 heavy (non-hydrogen) atoms. The Hall–Kier alpha value is -2.37. The minimum Gasteiger partial charge on any atom is -0.611 e. The van der Waals surface area contributed by atoms with Gasteiger partial charge in [-0.05, 0) is 24.0 Å². The van der Waals surface area contributed by atoms with E-state index in [1.807, 2.05) is 11.9 Å². The van der Waals surface area contributed by atoms with Gasteiger partial charge in [0.1, 0.15) is 17.6 Å². The Morgan fingerprint density at radius 2 is 2.10 bits per heavy atom. The molecule has 0 aromatic carbocycles. The van der Waals surface area contributed by atoms with E-state index in [1.165, 1.54) is 6.20 Å². The largest absolute Gasteiger partial charge is 0.611 e. The maximum Gasteiger partial charge on any atom is 0.341 e. The summed E-state index contributed by atoms with van der Waals surface area (Å²) in [7, 11) is 3.78. The average molecular weight is 447 g/mol. The number of fused-ring (bicyclic) bond motifs is 1. The van der Waals surface area contributed by atoms with Crippen molar-refractivity contribution < 1.29 is 18.8 Å². The first kappa shape index (κ1) is 20.5. The Bertz CT molecular complexity index is 973. The van der Waals surface area contributed by atoms with Crippen LogP contribution < -0.4 is 9.80 Å². The molecular weight excluding hydrogens is 420 g/mol. The van der Waals surface area contributed by atoms with Gasteiger partial charge in [-0.2, -0.15) is 10.1 Å². The van der Waals surface area contributed by atoms with Crippen LogP contribution in [0.4, 0.5) is 11.8 Å². The molecule has 0 amide bonds. The third-order valence-electron chi connectivity index (χ3n) is 6.08. The van der Waals surface area contributed by atoms with E-state index in [1.54, 1.807) is 17.9 Å². The molecule has 0 spiro atoms. The second kappa shape index (κ2) is 8.29. The summed E-state index contributed by atoms with van der Waals surface area (Å²) < 4.78 is 25.3. The lowest BCUT2D eigenvalue weighted by Crippen LogP contribution is -2.54. The van der Waals surface area contributed by atoms with E-state index in [0.29, 0.717) is 42.8 Å². The Morgan fingerprint density at radius 3 is 2.81 bits per heavy atom. The zero-order valence-electron chi connectivity index (χ0n) is 17.7. The second-order valence-electron chi connectivity index (χ2n) is 8.21. The smallest absolute Gasteiger partial charge is 0.341 e. The summed E-state index contributed by atoms with van der Waals surface area (Å²) in [6, 6.07) is 0.308. The van der Waals surface area contributed by atoms with Crippen molar-refractivity contribution >= 4 is 28.9 Å². The van der Waals surface area contributed by atoms with Crippen molar-refractivity contribution in [2.75, 3.05) is 48.9 Å². The highest BCUT2D eigenvalue weighted by Crippen LogP contribution is 2.36. The van der Waals surface area contributed by atoms with E-state index in [2.05, 4.69) is 10.00 Å². The molecule has 2 saturated heterocycles. The fourth-order valence-corrected chi connectivity index (χ4v) is 5.60. The Morgan fingerprint density at radius 1 is 1.32 bits per heavy atom. The summed E-state index contributed by atoms with van der Waals surface area (Å²) in [4.78, 5) is 26.7. The zero-order valence-corrected chi connectivity index (χ0v) is 18.5. The topological polar surface area (TPSA) is 109 Å². The van der Waals surface area contributed by atoms with Crippen LogP contribution in [-0.2, 0) is 34.1 Å². The molecule has 11 heteroatoms. The van der Waals surface area contributed by atoms with Gasteiger partial charge < -0.3 is 23.8 Å². The zero-order chi connectivity index (χ0) is 21.5. The van der Waals surface area contributed by atoms with Crippen molar-refractivity contribution in [1.82, 2.24) is 19.7 Å². The van der Waals surface area contributed by atoms with Crippen LogP contribution in [0.25, 0.3) is 0 Å². The predicted molar refractivity (Wildman–Crippen MR) is 114 cm³/mol. The van der Waals surface area contributed by atoms with E-state index in [-0.39, 0.29) is 12.1 Å². The van der Waals surface area contributed by atoms with Crippen molar-refractivity contribution in [1.29, 1.82) is 0 Å². The Balaban J connectivity index is 1.31. The highest BCUT2D eigenvalue weighted by atomic mass is 32.2. The SMILES string of the molecule is CN(c1nc(N2CC(OC(=O)c3cnn(C)c3)C2)nc2c1[S+]([O-])CC2)C1CCOCC1. The molecule has 10 nitrogen and oxygen atoms in total. The number of nitrogens with zero attached hydrogens (tertiary/aromatic N) is 6. The van der Waals surface area contributed by atoms with Gasteiger partial charge in [0.25, 0.3) is 0 Å². The number of esters is 1. The molecule has 2 aromatic heterocycles. The molecule has 166 valence electrons. The Kier molecular flexibility index (Phi) is 5.49. The number of rotatable bonds is 5. The summed E-state index contributed by atoms with van der Waals surface area (Å²) in [6.07, 6.45) is 5.47. The van der Waals surface area contributed by atoms with E-state index >= 15 is 0 Å². The number of hydrogen-bond acceptors (Lipinski definition) is 9. The fraction of sp³-hybridized carbons (Fsp3) is 0.600. The van der Waals surface area contributed by atoms with Gasteiger partial charge in [-0.1, -0.05) is 0 Å². The minimum absolute atomic E-state index is 0.213. The number of carbonyl (C=O) groups excluding carboxylic acids is 1. The number of carbonyl (C=O) groups is 1. The van der Waals surface area contributed by atoms with Gasteiger partial charge in [0.15, 0.2) is 5.82 Å². The lowest BCUT2D eigenvalue weighted by atomic mass is 10.1. The first-order chi connectivity index (χ1) is 15.0. The molecule has 0 aliphatic carbocycles. The second-order valence-corrected chi connectivity index (χ2v) is 9.72. The third-order valence-corrected chi connectivity index (χ3v) is 7.52. The van der Waals surface area contributed by atoms with E-state index in [0.717, 1.165) is 42.5 Å². The van der Waals surface area contributed by atoms with Crippen molar-refractivity contribution in [3.63, 3.8) is 0 Å². The lowest BCUT2D eigenvalue weighted by molar-refractivity contribution is 0.0231. The Labute approximate surface area is 183 Å². The number of aromatic nitrogens is 4. The molecule has 5 rings (SSSR count). The number of aryl methyl sites for hydroxylation is 2. The van der Waals surface area contributed by atoms with Crippen LogP contribution in [0.15, 0.2) is 17.3 Å². The average Bonchev–Trinajstić information content (AvgIpc) is 3.35. The summed E-state index contributed by atoms with van der Waals surface area (Å²) in [5.41, 5.74) is 1.31. The fourth-order valence-electron chi connectivity index (χ4n) is 4.21. The molecule has 0 N–H and O–H groups in total. The summed E-state index contributed by atoms with van der Waals surface area (Å²) in [5, 5.41) is 4.00. The predicted octanol–water partition coefficient (Wildman–Crippen LogP) is 0.535. The molecule has 0 bridgehead atoms. The highest BCUT2D eigenvalue weighted by Gasteiger charge is 2.38. The molecular formula is C20H26N6O4S. The van der Waals surface area contributed by atoms with Gasteiger partial charge in [-0.3, -0.25) is 4.68 Å². The molecule has 1 unspecified atom stereocenters. The number of hydrogen-bond donors (Lipinski definition) is 0. The first-order valence-corrected chi connectivity index (χ1v) is 11.9. The molecule has 3 aliphatic rings. The maximum absolute atomic E-state index is 12.6. The van der Waals surface area contributed by atoms with Gasteiger partial charge in [0.05, 0.1) is 24.8 Å². The lowest BCUT2D eigenvalue weighted by Gasteiger charge is -2.39. The van der Waals surface area contributed by atoms with Crippen LogP contribution in [0.2, 0.25) is 0 Å². The summed E-state index contributed by atoms with van der Waals surface area (Å²) in [6.45, 7) is 2.53. The monoisotopic (exact) mass is 446 g/mol. The molecule has 1 atom stereocenters. The van der Waals surface area contributed by atoms with Gasteiger partial charge in [-0.25, -0.2) is 9.78 Å². The minimum atomic E-state index is -1.07. The van der Waals surface area contributed by atoms with E-state index in [4.69, 9.17) is 19.4 Å². The van der Waals surface area contributed by atoms with Crippen LogP contribution in [0, 0.1) is 0 Å². The first-order valence-electron chi connectivity index (χ1n) is 10.5. The molecule has 2 aromatic rings. The standard InChI is InChI=1S/C20H26N6O4S/c1-24-10-13(9-21-24)19(27)30-15-11-26(12-15)20-22-16-5-8-31(28)17(16)18(23-20)25(2)14-3-6-29-7-4-14/h9-10,14-15H,3-8,11-12H2,1-2H3.